The average molecular weight is 1620 g/mol. The lowest BCUT2D eigenvalue weighted by molar-refractivity contribution is -0.333. The Kier molecular flexibility index (Phi) is 26.0. The van der Waals surface area contributed by atoms with Crippen molar-refractivity contribution in [2.75, 3.05) is 25.5 Å². The third-order valence-corrected chi connectivity index (χ3v) is 20.8. The molecule has 37 heteroatoms. The van der Waals surface area contributed by atoms with Crippen LogP contribution in [0.3, 0.4) is 0 Å². The highest BCUT2D eigenvalue weighted by Crippen LogP contribution is 2.50. The number of phenols is 3. The van der Waals surface area contributed by atoms with Crippen LogP contribution in [0.4, 0.5) is 5.69 Å². The predicted octanol–water partition coefficient (Wildman–Crippen LogP) is 1.65. The number of aliphatic hydroxyl groups excluding tert-OH is 6. The van der Waals surface area contributed by atoms with E-state index >= 15 is 19.2 Å². The fourth-order valence-corrected chi connectivity index (χ4v) is 14.4. The summed E-state index contributed by atoms with van der Waals surface area (Å²) in [5.41, 5.74) is 10.2. The second kappa shape index (κ2) is 35.1. The number of carbonyl (C=O) groups is 9. The fourth-order valence-electron chi connectivity index (χ4n) is 14.0. The highest BCUT2D eigenvalue weighted by Gasteiger charge is 2.52. The summed E-state index contributed by atoms with van der Waals surface area (Å²) in [4.78, 5) is 134. The van der Waals surface area contributed by atoms with E-state index < -0.39 is 250 Å². The van der Waals surface area contributed by atoms with Crippen LogP contribution in [0.25, 0.3) is 11.1 Å². The predicted molar refractivity (Wildman–Crippen MR) is 404 cm³/mol. The number of rotatable bonds is 17. The van der Waals surface area contributed by atoms with Gasteiger partial charge in [0.05, 0.1) is 47.9 Å². The zero-order valence-corrected chi connectivity index (χ0v) is 63.9. The van der Waals surface area contributed by atoms with Crippen molar-refractivity contribution < 1.29 is 118 Å². The minimum absolute atomic E-state index is 0.107. The number of phenolic OH excluding ortho intramolecular Hbond substituents is 3. The van der Waals surface area contributed by atoms with Gasteiger partial charge in [0.1, 0.15) is 95.5 Å². The fraction of sp³-hybridized carbons (Fsp3) is 0.416. The maximum Gasteiger partial charge on any atom is 0.248 e. The number of amides is 9. The van der Waals surface area contributed by atoms with E-state index in [1.165, 1.54) is 33.0 Å². The van der Waals surface area contributed by atoms with Gasteiger partial charge >= 0.3 is 0 Å². The van der Waals surface area contributed by atoms with Crippen LogP contribution >= 0.6 is 23.2 Å². The van der Waals surface area contributed by atoms with Crippen molar-refractivity contribution >= 4 is 82.1 Å². The van der Waals surface area contributed by atoms with E-state index in [1.54, 1.807) is 19.1 Å². The Morgan fingerprint density at radius 2 is 1.34 bits per heavy atom. The molecule has 9 amide bonds. The number of likely N-dealkylation sites (N-methyl/N-ethyl adjacent to an activating group) is 1. The average Bonchev–Trinajstić information content (AvgIpc) is 0.762. The van der Waals surface area contributed by atoms with Gasteiger partial charge < -0.3 is 134 Å². The van der Waals surface area contributed by atoms with Crippen LogP contribution < -0.4 is 73.5 Å². The first-order chi connectivity index (χ1) is 53.9. The number of primary amides is 1. The molecule has 6 aromatic rings. The van der Waals surface area contributed by atoms with E-state index in [-0.39, 0.29) is 46.2 Å². The summed E-state index contributed by atoms with van der Waals surface area (Å²) in [6.07, 6.45) is -18.1. The van der Waals surface area contributed by atoms with Crippen molar-refractivity contribution in [1.29, 1.82) is 0 Å². The van der Waals surface area contributed by atoms with Crippen molar-refractivity contribution in [2.24, 2.45) is 17.4 Å². The molecular weight excluding hydrogens is 1530 g/mol. The van der Waals surface area contributed by atoms with Gasteiger partial charge in [-0.25, -0.2) is 0 Å². The number of benzene rings is 6. The number of nitrogens with one attached hydrogen (secondary N) is 9. The molecule has 18 atom stereocenters. The van der Waals surface area contributed by atoms with Crippen LogP contribution in [-0.4, -0.2) is 198 Å². The van der Waals surface area contributed by atoms with E-state index in [0.29, 0.717) is 17.7 Å². The minimum atomic E-state index is -2.37. The van der Waals surface area contributed by atoms with Gasteiger partial charge in [0.2, 0.25) is 65.2 Å². The molecule has 610 valence electrons. The summed E-state index contributed by atoms with van der Waals surface area (Å²) in [5, 5.41) is 127. The van der Waals surface area contributed by atoms with Crippen molar-refractivity contribution in [3.8, 4) is 57.1 Å². The Hall–Kier alpha value is -10.5. The molecule has 22 N–H and O–H groups in total. The molecule has 18 unspecified atom stereocenters. The monoisotopic (exact) mass is 1620 g/mol. The Labute approximate surface area is 661 Å². The maximum absolute atomic E-state index is 16.3. The lowest BCUT2D eigenvalue weighted by atomic mass is 9.86. The molecule has 0 saturated carbocycles. The highest BCUT2D eigenvalue weighted by atomic mass is 35.5. The number of hydrogen-bond acceptors (Lipinski definition) is 26. The molecule has 7 heterocycles. The number of ether oxygens (including phenoxy) is 6. The lowest BCUT2D eigenvalue weighted by Gasteiger charge is -2.47. The number of hydrogen-bond donors (Lipinski definition) is 20. The molecule has 2 saturated heterocycles. The second-order valence-corrected chi connectivity index (χ2v) is 30.0. The lowest BCUT2D eigenvalue weighted by Crippen LogP contribution is -2.64. The molecule has 0 spiro atoms. The first kappa shape index (κ1) is 84.4. The van der Waals surface area contributed by atoms with Gasteiger partial charge in [0.15, 0.2) is 23.9 Å². The minimum Gasteiger partial charge on any atom is -0.508 e. The van der Waals surface area contributed by atoms with Gasteiger partial charge in [-0.15, -0.1) is 0 Å². The molecule has 35 nitrogen and oxygen atoms in total. The van der Waals surface area contributed by atoms with E-state index in [9.17, 15) is 69.9 Å². The van der Waals surface area contributed by atoms with Crippen molar-refractivity contribution in [1.82, 2.24) is 42.5 Å². The molecular formula is C77H89Cl2N11O24. The molecule has 13 rings (SSSR count). The van der Waals surface area contributed by atoms with Crippen LogP contribution in [0.15, 0.2) is 97.1 Å². The van der Waals surface area contributed by atoms with Crippen molar-refractivity contribution in [2.45, 2.75) is 176 Å². The Bertz CT molecular complexity index is 4730. The summed E-state index contributed by atoms with van der Waals surface area (Å²) >= 11 is 14.3. The Balaban J connectivity index is 1.13. The number of aromatic hydroxyl groups is 3. The first-order valence-electron chi connectivity index (χ1n) is 36.4. The quantitative estimate of drug-likeness (QED) is 0.0617. The van der Waals surface area contributed by atoms with Crippen LogP contribution in [0.5, 0.6) is 46.0 Å². The number of carbonyl (C=O) groups excluding carboxylic acids is 9. The van der Waals surface area contributed by atoms with E-state index in [2.05, 4.69) is 47.9 Å². The summed E-state index contributed by atoms with van der Waals surface area (Å²) < 4.78 is 38.6. The standard InChI is InChI=1S/C77H89Cl2N11O24/c1-8-33-10-9-31(4)43(18-33)84-54(96)28-83-71(104)59-40-24-38(92)25-47(94)56(40)39-19-34(11-14-46(39)93)57-72(105)90-61(75(108)88-59)63(98)36-13-16-49(42(79)21-36)111-51-23-37-22-50(66(51)114-76-67(65(100)64(99)52(29-91)112-76)113-55-27-77(6,81)68(101)32(5)109-55)110-48-15-12-35(20-41(48)78)62(97)60(89-69(102)44(82-7)17-30(2)3)74(107)85-45(26-53(80)95)70(103)86-58(37)73(106)87-57/h9-16,18-25,30,32,44-45,52,55,57-65,67-68,76,82,91-94,97-101H,8,17,26-29,81H2,1-7H3,(H2,80,95)(H,83,104)(H,84,96)(H,85,107)(H,86,103)(H,87,106)(H,88,108)(H,89,102)(H,90,105). The van der Waals surface area contributed by atoms with E-state index in [0.717, 1.165) is 72.3 Å². The van der Waals surface area contributed by atoms with Crippen LogP contribution in [0.1, 0.15) is 123 Å². The largest absolute Gasteiger partial charge is 0.508 e. The SMILES string of the molecule is CCc1ccc(C)c(NC(=O)CNC(=O)C2NC(=O)C3NC(=O)C(NC(=O)C4NC(=O)C(CC(N)=O)NC(=O)C(NC(=O)C(CC(C)C)NC)C(O)c5ccc(c(Cl)c5)Oc5cc4cc(c5OC4OC(CO)C(O)C(O)C4OC4CC(C)(N)C(O)C(C)O4)Oc4ccc(cc4Cl)C3O)c3ccc(O)c(c3)-c3c(O)cc(O)cc32)c1. The zero-order valence-electron chi connectivity index (χ0n) is 62.4. The number of halogens is 2. The molecule has 0 radical (unpaired) electrons. The Morgan fingerprint density at radius 1 is 0.711 bits per heavy atom. The topological polar surface area (TPSA) is 551 Å². The number of aliphatic hydroxyl groups is 6. The van der Waals surface area contributed by atoms with Gasteiger partial charge in [0.25, 0.3) is 0 Å². The van der Waals surface area contributed by atoms with Gasteiger partial charge in [-0.3, -0.25) is 43.2 Å². The number of fused-ring (bicyclic) bond motifs is 15. The van der Waals surface area contributed by atoms with Gasteiger partial charge in [-0.05, 0) is 146 Å². The van der Waals surface area contributed by atoms with Gasteiger partial charge in [0, 0.05) is 34.8 Å². The zero-order chi connectivity index (χ0) is 82.8. The van der Waals surface area contributed by atoms with Crippen LogP contribution in [0, 0.1) is 12.8 Å². The third kappa shape index (κ3) is 18.5. The van der Waals surface area contributed by atoms with E-state index in [1.807, 2.05) is 26.8 Å². The third-order valence-electron chi connectivity index (χ3n) is 20.2. The molecule has 7 aliphatic rings. The maximum atomic E-state index is 16.3. The summed E-state index contributed by atoms with van der Waals surface area (Å²) in [7, 11) is 1.47. The Morgan fingerprint density at radius 3 is 1.96 bits per heavy atom. The first-order valence-corrected chi connectivity index (χ1v) is 37.1. The summed E-state index contributed by atoms with van der Waals surface area (Å²) in [5.74, 6) is -16.1. The summed E-state index contributed by atoms with van der Waals surface area (Å²) in [6.45, 7) is 8.53. The molecule has 0 aliphatic carbocycles. The molecule has 11 bridgehead atoms. The molecule has 114 heavy (non-hydrogen) atoms. The second-order valence-electron chi connectivity index (χ2n) is 29.1. The van der Waals surface area contributed by atoms with Crippen LogP contribution in [0.2, 0.25) is 10.0 Å². The summed E-state index contributed by atoms with van der Waals surface area (Å²) in [6, 6.07) is 4.98. The van der Waals surface area contributed by atoms with Crippen molar-refractivity contribution in [3.05, 3.63) is 146 Å². The van der Waals surface area contributed by atoms with Gasteiger partial charge in [-0.2, -0.15) is 0 Å². The molecule has 6 aromatic carbocycles. The molecule has 2 fully saturated rings. The molecule has 0 aromatic heterocycles. The normalized spacial score (nSPS) is 27.3. The number of aryl methyl sites for hydroxylation is 2. The highest BCUT2D eigenvalue weighted by molar-refractivity contribution is 6.32. The number of anilines is 1. The van der Waals surface area contributed by atoms with Crippen molar-refractivity contribution in [3.63, 3.8) is 0 Å². The molecule has 7 aliphatic heterocycles. The van der Waals surface area contributed by atoms with E-state index in [4.69, 9.17) is 63.1 Å². The smallest absolute Gasteiger partial charge is 0.248 e. The van der Waals surface area contributed by atoms with Gasteiger partial charge in [-0.1, -0.05) is 74.3 Å². The van der Waals surface area contributed by atoms with Crippen LogP contribution in [-0.2, 0) is 63.8 Å². The number of nitrogens with two attached hydrogens (primary N) is 2.